The zero-order chi connectivity index (χ0) is 31.0. The van der Waals surface area contributed by atoms with Crippen molar-refractivity contribution in [3.8, 4) is 0 Å². The van der Waals surface area contributed by atoms with Crippen molar-refractivity contribution in [3.05, 3.63) is 131 Å². The van der Waals surface area contributed by atoms with Crippen LogP contribution in [-0.2, 0) is 32.6 Å². The minimum Gasteiger partial charge on any atom is -0.355 e. The Morgan fingerprint density at radius 1 is 0.860 bits per heavy atom. The maximum absolute atomic E-state index is 14.3. The summed E-state index contributed by atoms with van der Waals surface area (Å²) in [6.45, 7) is 3.25. The molecule has 4 aromatic carbocycles. The van der Waals surface area contributed by atoms with Gasteiger partial charge < -0.3 is 10.2 Å². The number of hydrogen-bond donors (Lipinski definition) is 1. The van der Waals surface area contributed by atoms with Gasteiger partial charge in [0.2, 0.25) is 11.8 Å². The van der Waals surface area contributed by atoms with Gasteiger partial charge in [-0.25, -0.2) is 12.8 Å². The zero-order valence-electron chi connectivity index (χ0n) is 23.9. The van der Waals surface area contributed by atoms with Crippen LogP contribution in [-0.4, -0.2) is 44.3 Å². The summed E-state index contributed by atoms with van der Waals surface area (Å²) in [5.41, 5.74) is 2.38. The quantitative estimate of drug-likeness (QED) is 0.218. The van der Waals surface area contributed by atoms with E-state index in [0.29, 0.717) is 12.1 Å². The highest BCUT2D eigenvalue weighted by atomic mass is 35.5. The van der Waals surface area contributed by atoms with Crippen molar-refractivity contribution >= 4 is 39.1 Å². The van der Waals surface area contributed by atoms with Gasteiger partial charge in [0.1, 0.15) is 18.4 Å². The van der Waals surface area contributed by atoms with Gasteiger partial charge in [0.05, 0.1) is 15.6 Å². The van der Waals surface area contributed by atoms with Crippen LogP contribution < -0.4 is 9.62 Å². The SMILES string of the molecule is CCNC(=O)C(Cc1ccccc1)N(Cc1ccc(F)cc1)C(=O)CN(c1ccccc1Cl)S(=O)(=O)c1ccc(C)cc1. The standard InChI is InChI=1S/C33H33ClFN3O4S/c1-3-36-33(40)31(21-25-9-5-4-6-10-25)37(22-26-15-17-27(35)18-16-26)32(39)23-38(30-12-8-7-11-29(30)34)43(41,42)28-19-13-24(2)14-20-28/h4-20,31H,3,21-23H2,1-2H3,(H,36,40). The molecule has 0 bridgehead atoms. The topological polar surface area (TPSA) is 86.8 Å². The molecule has 0 aliphatic carbocycles. The highest BCUT2D eigenvalue weighted by Crippen LogP contribution is 2.31. The van der Waals surface area contributed by atoms with Crippen LogP contribution in [0.15, 0.2) is 108 Å². The smallest absolute Gasteiger partial charge is 0.264 e. The lowest BCUT2D eigenvalue weighted by atomic mass is 10.0. The lowest BCUT2D eigenvalue weighted by Gasteiger charge is -2.34. The second kappa shape index (κ2) is 14.3. The molecule has 7 nitrogen and oxygen atoms in total. The lowest BCUT2D eigenvalue weighted by Crippen LogP contribution is -2.53. The molecule has 1 atom stereocenters. The Balaban J connectivity index is 1.80. The van der Waals surface area contributed by atoms with Gasteiger partial charge >= 0.3 is 0 Å². The first-order valence-electron chi connectivity index (χ1n) is 13.8. The predicted octanol–water partition coefficient (Wildman–Crippen LogP) is 5.76. The Morgan fingerprint density at radius 2 is 1.49 bits per heavy atom. The van der Waals surface area contributed by atoms with E-state index in [2.05, 4.69) is 5.32 Å². The van der Waals surface area contributed by atoms with E-state index < -0.39 is 40.2 Å². The van der Waals surface area contributed by atoms with E-state index in [4.69, 9.17) is 11.6 Å². The number of benzene rings is 4. The minimum atomic E-state index is -4.26. The van der Waals surface area contributed by atoms with Gasteiger partial charge in [0, 0.05) is 19.5 Å². The summed E-state index contributed by atoms with van der Waals surface area (Å²) in [5.74, 6) is -1.47. The van der Waals surface area contributed by atoms with Gasteiger partial charge in [0.25, 0.3) is 10.0 Å². The highest BCUT2D eigenvalue weighted by molar-refractivity contribution is 7.92. The number of halogens is 2. The van der Waals surface area contributed by atoms with Gasteiger partial charge in [-0.3, -0.25) is 13.9 Å². The van der Waals surface area contributed by atoms with E-state index in [9.17, 15) is 22.4 Å². The summed E-state index contributed by atoms with van der Waals surface area (Å²) in [6, 6.07) is 26.5. The van der Waals surface area contributed by atoms with Gasteiger partial charge in [-0.15, -0.1) is 0 Å². The molecule has 0 saturated heterocycles. The molecular weight excluding hydrogens is 589 g/mol. The Hall–Kier alpha value is -4.21. The number of hydrogen-bond acceptors (Lipinski definition) is 4. The van der Waals surface area contributed by atoms with E-state index >= 15 is 0 Å². The fraction of sp³-hybridized carbons (Fsp3) is 0.212. The molecule has 224 valence electrons. The molecule has 0 saturated carbocycles. The van der Waals surface area contributed by atoms with E-state index in [1.807, 2.05) is 37.3 Å². The second-order valence-electron chi connectivity index (χ2n) is 10.0. The average molecular weight is 622 g/mol. The van der Waals surface area contributed by atoms with Crippen LogP contribution in [0.4, 0.5) is 10.1 Å². The van der Waals surface area contributed by atoms with Crippen LogP contribution in [0.2, 0.25) is 5.02 Å². The number of nitrogens with zero attached hydrogens (tertiary/aromatic N) is 2. The number of aryl methyl sites for hydroxylation is 1. The van der Waals surface area contributed by atoms with Crippen molar-refractivity contribution in [2.24, 2.45) is 0 Å². The van der Waals surface area contributed by atoms with Crippen molar-refractivity contribution in [1.29, 1.82) is 0 Å². The molecule has 0 spiro atoms. The number of likely N-dealkylation sites (N-methyl/N-ethyl adjacent to an activating group) is 1. The van der Waals surface area contributed by atoms with Gasteiger partial charge in [-0.2, -0.15) is 0 Å². The third-order valence-corrected chi connectivity index (χ3v) is 8.99. The summed E-state index contributed by atoms with van der Waals surface area (Å²) in [4.78, 5) is 29.1. The first-order valence-corrected chi connectivity index (χ1v) is 15.6. The third kappa shape index (κ3) is 8.00. The molecule has 0 radical (unpaired) electrons. The van der Waals surface area contributed by atoms with Gasteiger partial charge in [-0.05, 0) is 61.4 Å². The van der Waals surface area contributed by atoms with Crippen molar-refractivity contribution in [2.75, 3.05) is 17.4 Å². The van der Waals surface area contributed by atoms with E-state index in [1.165, 1.54) is 47.4 Å². The Kier molecular flexibility index (Phi) is 10.6. The largest absolute Gasteiger partial charge is 0.355 e. The van der Waals surface area contributed by atoms with Crippen LogP contribution in [0, 0.1) is 12.7 Å². The van der Waals surface area contributed by atoms with Crippen LogP contribution >= 0.6 is 11.6 Å². The van der Waals surface area contributed by atoms with Crippen LogP contribution in [0.5, 0.6) is 0 Å². The van der Waals surface area contributed by atoms with Crippen LogP contribution in [0.3, 0.4) is 0 Å². The fourth-order valence-corrected chi connectivity index (χ4v) is 6.36. The molecule has 4 rings (SSSR count). The van der Waals surface area contributed by atoms with Gasteiger partial charge in [0.15, 0.2) is 0 Å². The Bertz CT molecular complexity index is 1650. The molecule has 0 aliphatic rings. The average Bonchev–Trinajstić information content (AvgIpc) is 3.00. The molecule has 0 aliphatic heterocycles. The zero-order valence-corrected chi connectivity index (χ0v) is 25.5. The van der Waals surface area contributed by atoms with Gasteiger partial charge in [-0.1, -0.05) is 83.9 Å². The number of para-hydroxylation sites is 1. The maximum Gasteiger partial charge on any atom is 0.264 e. The fourth-order valence-electron chi connectivity index (χ4n) is 4.64. The summed E-state index contributed by atoms with van der Waals surface area (Å²) in [7, 11) is -4.26. The molecule has 2 amide bonds. The number of anilines is 1. The number of carbonyl (C=O) groups excluding carboxylic acids is 2. The minimum absolute atomic E-state index is 0.0135. The summed E-state index contributed by atoms with van der Waals surface area (Å²) in [6.07, 6.45) is 0.177. The van der Waals surface area contributed by atoms with E-state index in [-0.39, 0.29) is 28.6 Å². The molecule has 4 aromatic rings. The molecule has 0 aromatic heterocycles. The van der Waals surface area contributed by atoms with Crippen molar-refractivity contribution < 1.29 is 22.4 Å². The van der Waals surface area contributed by atoms with Crippen molar-refractivity contribution in [3.63, 3.8) is 0 Å². The number of carbonyl (C=O) groups is 2. The molecule has 1 unspecified atom stereocenters. The number of sulfonamides is 1. The normalized spacial score (nSPS) is 11.9. The predicted molar refractivity (Wildman–Crippen MR) is 167 cm³/mol. The lowest BCUT2D eigenvalue weighted by molar-refractivity contribution is -0.140. The summed E-state index contributed by atoms with van der Waals surface area (Å²) < 4.78 is 42.8. The molecule has 43 heavy (non-hydrogen) atoms. The Labute approximate surface area is 257 Å². The molecule has 0 heterocycles. The van der Waals surface area contributed by atoms with Crippen molar-refractivity contribution in [1.82, 2.24) is 10.2 Å². The molecule has 1 N–H and O–H groups in total. The van der Waals surface area contributed by atoms with E-state index in [1.54, 1.807) is 37.3 Å². The van der Waals surface area contributed by atoms with Crippen LogP contribution in [0.25, 0.3) is 0 Å². The van der Waals surface area contributed by atoms with Crippen molar-refractivity contribution in [2.45, 2.75) is 37.8 Å². The van der Waals surface area contributed by atoms with E-state index in [0.717, 1.165) is 15.4 Å². The second-order valence-corrected chi connectivity index (χ2v) is 12.3. The monoisotopic (exact) mass is 621 g/mol. The first kappa shape index (κ1) is 31.7. The number of amides is 2. The molecule has 10 heteroatoms. The first-order chi connectivity index (χ1) is 20.6. The summed E-state index contributed by atoms with van der Waals surface area (Å²) in [5, 5.41) is 2.95. The summed E-state index contributed by atoms with van der Waals surface area (Å²) >= 11 is 6.48. The number of nitrogens with one attached hydrogen (secondary N) is 1. The number of rotatable bonds is 12. The highest BCUT2D eigenvalue weighted by Gasteiger charge is 2.35. The van der Waals surface area contributed by atoms with Crippen LogP contribution in [0.1, 0.15) is 23.6 Å². The molecular formula is C33H33ClFN3O4S. The third-order valence-electron chi connectivity index (χ3n) is 6.90. The molecule has 0 fully saturated rings. The Morgan fingerprint density at radius 3 is 2.12 bits per heavy atom. The maximum atomic E-state index is 14.3.